The van der Waals surface area contributed by atoms with Crippen LogP contribution in [0.4, 0.5) is 0 Å². The molecule has 0 spiro atoms. The highest BCUT2D eigenvalue weighted by Crippen LogP contribution is 2.24. The van der Waals surface area contributed by atoms with E-state index in [4.69, 9.17) is 0 Å². The second-order valence-electron chi connectivity index (χ2n) is 4.49. The van der Waals surface area contributed by atoms with E-state index in [0.29, 0.717) is 6.04 Å². The zero-order valence-electron chi connectivity index (χ0n) is 9.24. The monoisotopic (exact) mass is 206 g/mol. The summed E-state index contributed by atoms with van der Waals surface area (Å²) in [6.45, 7) is 7.85. The Kier molecular flexibility index (Phi) is 2.25. The third-order valence-corrected chi connectivity index (χ3v) is 3.57. The second kappa shape index (κ2) is 3.61. The van der Waals surface area contributed by atoms with Crippen LogP contribution in [0.3, 0.4) is 0 Å². The summed E-state index contributed by atoms with van der Waals surface area (Å²) in [5, 5.41) is 7.92. The van der Waals surface area contributed by atoms with Crippen molar-refractivity contribution in [3.8, 4) is 0 Å². The molecule has 0 amide bonds. The molecule has 15 heavy (non-hydrogen) atoms. The minimum absolute atomic E-state index is 0.631. The summed E-state index contributed by atoms with van der Waals surface area (Å²) in [4.78, 5) is 2.46. The molecule has 1 N–H and O–H groups in total. The van der Waals surface area contributed by atoms with Crippen LogP contribution in [0.15, 0.2) is 6.20 Å². The van der Waals surface area contributed by atoms with Crippen LogP contribution in [-0.4, -0.2) is 40.9 Å². The molecule has 4 nitrogen and oxygen atoms in total. The highest BCUT2D eigenvalue weighted by atomic mass is 15.4. The quantitative estimate of drug-likeness (QED) is 0.760. The van der Waals surface area contributed by atoms with E-state index in [0.717, 1.165) is 19.5 Å². The number of aromatic nitrogens is 2. The molecular formula is C11H18N4. The van der Waals surface area contributed by atoms with Gasteiger partial charge in [0.05, 0.1) is 12.2 Å². The highest BCUT2D eigenvalue weighted by molar-refractivity contribution is 5.21. The number of likely N-dealkylation sites (N-methyl/N-ethyl adjacent to an activating group) is 1. The molecule has 1 aromatic rings. The topological polar surface area (TPSA) is 33.1 Å². The first-order valence-electron chi connectivity index (χ1n) is 5.87. The van der Waals surface area contributed by atoms with Crippen molar-refractivity contribution in [2.24, 2.45) is 0 Å². The fourth-order valence-corrected chi connectivity index (χ4v) is 2.55. The van der Waals surface area contributed by atoms with Gasteiger partial charge in [-0.3, -0.25) is 9.58 Å². The van der Waals surface area contributed by atoms with Crippen molar-refractivity contribution in [3.05, 3.63) is 17.5 Å². The van der Waals surface area contributed by atoms with Crippen LogP contribution >= 0.6 is 0 Å². The van der Waals surface area contributed by atoms with Crippen LogP contribution in [0, 0.1) is 0 Å². The molecule has 3 heterocycles. The van der Waals surface area contributed by atoms with E-state index in [-0.39, 0.29) is 0 Å². The molecule has 0 saturated carbocycles. The van der Waals surface area contributed by atoms with Gasteiger partial charge in [0.25, 0.3) is 0 Å². The Bertz CT molecular complexity index is 351. The molecule has 2 aliphatic rings. The van der Waals surface area contributed by atoms with Crippen molar-refractivity contribution in [2.75, 3.05) is 26.2 Å². The van der Waals surface area contributed by atoms with Gasteiger partial charge in [0.15, 0.2) is 0 Å². The van der Waals surface area contributed by atoms with Crippen LogP contribution in [-0.2, 0) is 13.0 Å². The number of fused-ring (bicyclic) bond motifs is 1. The van der Waals surface area contributed by atoms with Crippen LogP contribution in [0.5, 0.6) is 0 Å². The summed E-state index contributed by atoms with van der Waals surface area (Å²) in [7, 11) is 0. The van der Waals surface area contributed by atoms with Crippen molar-refractivity contribution in [3.63, 3.8) is 0 Å². The average Bonchev–Trinajstić information content (AvgIpc) is 2.61. The summed E-state index contributed by atoms with van der Waals surface area (Å²) < 4.78 is 2.27. The Labute approximate surface area is 90.3 Å². The largest absolute Gasteiger partial charge is 0.312 e. The maximum atomic E-state index is 4.54. The average molecular weight is 206 g/mol. The Balaban J connectivity index is 1.78. The molecule has 0 unspecified atom stereocenters. The standard InChI is InChI=1S/C11H18N4/c1-2-14-7-10(8-14)15-11-3-4-12-5-9(11)6-13-15/h6,10,12H,2-5,7-8H2,1H3. The number of rotatable bonds is 2. The first-order chi connectivity index (χ1) is 7.38. The highest BCUT2D eigenvalue weighted by Gasteiger charge is 2.30. The third kappa shape index (κ3) is 1.48. The third-order valence-electron chi connectivity index (χ3n) is 3.57. The van der Waals surface area contributed by atoms with E-state index >= 15 is 0 Å². The van der Waals surface area contributed by atoms with Gasteiger partial charge in [-0.15, -0.1) is 0 Å². The lowest BCUT2D eigenvalue weighted by Gasteiger charge is -2.39. The summed E-state index contributed by atoms with van der Waals surface area (Å²) in [5.74, 6) is 0. The molecule has 1 saturated heterocycles. The van der Waals surface area contributed by atoms with Crippen LogP contribution in [0.1, 0.15) is 24.2 Å². The summed E-state index contributed by atoms with van der Waals surface area (Å²) in [6.07, 6.45) is 3.17. The van der Waals surface area contributed by atoms with Crippen molar-refractivity contribution >= 4 is 0 Å². The molecule has 4 heteroatoms. The minimum Gasteiger partial charge on any atom is -0.312 e. The Hall–Kier alpha value is -0.870. The zero-order chi connectivity index (χ0) is 10.3. The Morgan fingerprint density at radius 1 is 1.53 bits per heavy atom. The van der Waals surface area contributed by atoms with Gasteiger partial charge in [-0.25, -0.2) is 0 Å². The van der Waals surface area contributed by atoms with Crippen molar-refractivity contribution in [2.45, 2.75) is 25.9 Å². The zero-order valence-corrected chi connectivity index (χ0v) is 9.24. The van der Waals surface area contributed by atoms with Gasteiger partial charge in [-0.2, -0.15) is 5.10 Å². The first-order valence-corrected chi connectivity index (χ1v) is 5.87. The van der Waals surface area contributed by atoms with Crippen LogP contribution in [0.25, 0.3) is 0 Å². The molecular weight excluding hydrogens is 188 g/mol. The predicted octanol–water partition coefficient (Wildman–Crippen LogP) is 0.405. The van der Waals surface area contributed by atoms with Crippen LogP contribution < -0.4 is 5.32 Å². The van der Waals surface area contributed by atoms with E-state index in [1.807, 2.05) is 6.20 Å². The maximum absolute atomic E-state index is 4.54. The van der Waals surface area contributed by atoms with Gasteiger partial charge >= 0.3 is 0 Å². The van der Waals surface area contributed by atoms with Crippen molar-refractivity contribution < 1.29 is 0 Å². The Morgan fingerprint density at radius 3 is 3.20 bits per heavy atom. The maximum Gasteiger partial charge on any atom is 0.0776 e. The number of hydrogen-bond acceptors (Lipinski definition) is 3. The molecule has 0 radical (unpaired) electrons. The lowest BCUT2D eigenvalue weighted by molar-refractivity contribution is 0.103. The summed E-state index contributed by atoms with van der Waals surface area (Å²) in [5.41, 5.74) is 2.87. The molecule has 2 aliphatic heterocycles. The smallest absolute Gasteiger partial charge is 0.0776 e. The van der Waals surface area contributed by atoms with E-state index in [2.05, 4.69) is 26.9 Å². The Morgan fingerprint density at radius 2 is 2.40 bits per heavy atom. The first kappa shape index (κ1) is 9.36. The molecule has 1 fully saturated rings. The fraction of sp³-hybridized carbons (Fsp3) is 0.727. The molecule has 0 bridgehead atoms. The summed E-state index contributed by atoms with van der Waals surface area (Å²) in [6, 6.07) is 0.631. The van der Waals surface area contributed by atoms with Gasteiger partial charge in [0, 0.05) is 43.9 Å². The normalized spacial score (nSPS) is 22.5. The van der Waals surface area contributed by atoms with Crippen molar-refractivity contribution in [1.82, 2.24) is 20.0 Å². The number of hydrogen-bond donors (Lipinski definition) is 1. The predicted molar refractivity (Wildman–Crippen MR) is 58.8 cm³/mol. The molecule has 0 atom stereocenters. The van der Waals surface area contributed by atoms with E-state index in [1.54, 1.807) is 0 Å². The molecule has 82 valence electrons. The van der Waals surface area contributed by atoms with E-state index in [9.17, 15) is 0 Å². The van der Waals surface area contributed by atoms with Crippen LogP contribution in [0.2, 0.25) is 0 Å². The lowest BCUT2D eigenvalue weighted by atomic mass is 10.1. The van der Waals surface area contributed by atoms with Crippen molar-refractivity contribution in [1.29, 1.82) is 0 Å². The lowest BCUT2D eigenvalue weighted by Crippen LogP contribution is -2.48. The number of nitrogens with zero attached hydrogens (tertiary/aromatic N) is 3. The molecule has 0 aromatic carbocycles. The van der Waals surface area contributed by atoms with E-state index < -0.39 is 0 Å². The van der Waals surface area contributed by atoms with Gasteiger partial charge in [0.1, 0.15) is 0 Å². The minimum atomic E-state index is 0.631. The van der Waals surface area contributed by atoms with E-state index in [1.165, 1.54) is 30.9 Å². The molecule has 0 aliphatic carbocycles. The second-order valence-corrected chi connectivity index (χ2v) is 4.49. The summed E-state index contributed by atoms with van der Waals surface area (Å²) >= 11 is 0. The van der Waals surface area contributed by atoms with Gasteiger partial charge in [0.2, 0.25) is 0 Å². The molecule has 3 rings (SSSR count). The molecule has 1 aromatic heterocycles. The fourth-order valence-electron chi connectivity index (χ4n) is 2.55. The van der Waals surface area contributed by atoms with Gasteiger partial charge in [-0.1, -0.05) is 6.92 Å². The number of nitrogens with one attached hydrogen (secondary N) is 1. The number of likely N-dealkylation sites (tertiary alicyclic amines) is 1. The van der Waals surface area contributed by atoms with Gasteiger partial charge < -0.3 is 5.32 Å². The SMILES string of the molecule is CCN1CC(n2ncc3c2CCNC3)C1. The van der Waals surface area contributed by atoms with Gasteiger partial charge in [-0.05, 0) is 6.54 Å².